The van der Waals surface area contributed by atoms with E-state index in [1.54, 1.807) is 42.5 Å². The van der Waals surface area contributed by atoms with E-state index < -0.39 is 17.1 Å². The molecule has 2 aromatic rings. The highest BCUT2D eigenvalue weighted by molar-refractivity contribution is 9.10. The summed E-state index contributed by atoms with van der Waals surface area (Å²) in [6.07, 6.45) is 1.55. The van der Waals surface area contributed by atoms with Gasteiger partial charge in [-0.3, -0.25) is 19.3 Å². The summed E-state index contributed by atoms with van der Waals surface area (Å²) in [4.78, 5) is 38.4. The van der Waals surface area contributed by atoms with Crippen LogP contribution in [0.3, 0.4) is 0 Å². The minimum atomic E-state index is -0.535. The quantitative estimate of drug-likeness (QED) is 0.630. The van der Waals surface area contributed by atoms with Crippen LogP contribution in [0, 0.1) is 0 Å². The number of carbonyl (C=O) groups excluding carboxylic acids is 3. The van der Waals surface area contributed by atoms with Gasteiger partial charge in [0.15, 0.2) is 11.5 Å². The van der Waals surface area contributed by atoms with Crippen molar-refractivity contribution in [3.05, 3.63) is 57.4 Å². The van der Waals surface area contributed by atoms with Crippen molar-refractivity contribution in [2.75, 3.05) is 26.1 Å². The molecule has 0 unspecified atom stereocenters. The highest BCUT2D eigenvalue weighted by Gasteiger charge is 2.36. The topological polar surface area (TPSA) is 84.9 Å². The molecule has 0 radical (unpaired) electrons. The number of nitrogens with one attached hydrogen (secondary N) is 1. The van der Waals surface area contributed by atoms with E-state index in [0.717, 1.165) is 16.7 Å². The van der Waals surface area contributed by atoms with Crippen LogP contribution in [0.5, 0.6) is 11.5 Å². The summed E-state index contributed by atoms with van der Waals surface area (Å²) in [5.74, 6) is -0.0478. The molecular weight excluding hydrogens is 460 g/mol. The number of nitrogens with zero attached hydrogens (tertiary/aromatic N) is 1. The number of benzene rings is 2. The van der Waals surface area contributed by atoms with E-state index in [4.69, 9.17) is 9.47 Å². The monoisotopic (exact) mass is 476 g/mol. The van der Waals surface area contributed by atoms with Crippen LogP contribution >= 0.6 is 27.7 Å². The lowest BCUT2D eigenvalue weighted by Crippen LogP contribution is -2.36. The molecule has 150 valence electrons. The second-order valence-corrected chi connectivity index (χ2v) is 7.73. The van der Waals surface area contributed by atoms with Crippen molar-refractivity contribution < 1.29 is 23.9 Å². The lowest BCUT2D eigenvalue weighted by Gasteiger charge is -2.13. The predicted octanol–water partition coefficient (Wildman–Crippen LogP) is 4.14. The SMILES string of the molecule is COc1cccc(/C=C2/SC(=O)N(CC(=O)Nc3ccccc3Br)C2=O)c1OC. The van der Waals surface area contributed by atoms with Crippen molar-refractivity contribution in [2.24, 2.45) is 0 Å². The molecule has 7 nitrogen and oxygen atoms in total. The molecule has 3 rings (SSSR count). The van der Waals surface area contributed by atoms with Crippen molar-refractivity contribution in [3.8, 4) is 11.5 Å². The molecular formula is C20H17BrN2O5S. The third kappa shape index (κ3) is 4.63. The number of methoxy groups -OCH3 is 2. The number of ether oxygens (including phenoxy) is 2. The van der Waals surface area contributed by atoms with Crippen LogP contribution in [0.15, 0.2) is 51.8 Å². The number of rotatable bonds is 6. The van der Waals surface area contributed by atoms with E-state index >= 15 is 0 Å². The van der Waals surface area contributed by atoms with Gasteiger partial charge in [-0.2, -0.15) is 0 Å². The van der Waals surface area contributed by atoms with Crippen LogP contribution in [0.2, 0.25) is 0 Å². The molecule has 29 heavy (non-hydrogen) atoms. The van der Waals surface area contributed by atoms with Gasteiger partial charge in [0.1, 0.15) is 6.54 Å². The highest BCUT2D eigenvalue weighted by atomic mass is 79.9. The van der Waals surface area contributed by atoms with Crippen molar-refractivity contribution in [1.29, 1.82) is 0 Å². The normalized spacial score (nSPS) is 15.0. The third-order valence-corrected chi connectivity index (χ3v) is 5.64. The molecule has 3 amide bonds. The zero-order valence-electron chi connectivity index (χ0n) is 15.6. The molecule has 1 aliphatic heterocycles. The standard InChI is InChI=1S/C20H17BrN2O5S/c1-27-15-9-5-6-12(18(15)28-2)10-16-19(25)23(20(26)29-16)11-17(24)22-14-8-4-3-7-13(14)21/h3-10H,11H2,1-2H3,(H,22,24)/b16-10+. The van der Waals surface area contributed by atoms with Crippen LogP contribution in [0.25, 0.3) is 6.08 Å². The van der Waals surface area contributed by atoms with Gasteiger partial charge in [0, 0.05) is 10.0 Å². The van der Waals surface area contributed by atoms with Gasteiger partial charge in [-0.25, -0.2) is 0 Å². The van der Waals surface area contributed by atoms with Crippen molar-refractivity contribution in [1.82, 2.24) is 4.90 Å². The average molecular weight is 477 g/mol. The molecule has 1 fully saturated rings. The third-order valence-electron chi connectivity index (χ3n) is 4.04. The summed E-state index contributed by atoms with van der Waals surface area (Å²) >= 11 is 4.11. The summed E-state index contributed by atoms with van der Waals surface area (Å²) in [6.45, 7) is -0.376. The van der Waals surface area contributed by atoms with Gasteiger partial charge in [0.2, 0.25) is 5.91 Å². The fraction of sp³-hybridized carbons (Fsp3) is 0.150. The summed E-state index contributed by atoms with van der Waals surface area (Å²) in [7, 11) is 3.01. The van der Waals surface area contributed by atoms with Crippen LogP contribution in [-0.4, -0.2) is 42.7 Å². The lowest BCUT2D eigenvalue weighted by molar-refractivity contribution is -0.127. The van der Waals surface area contributed by atoms with Gasteiger partial charge in [-0.1, -0.05) is 24.3 Å². The molecule has 2 aromatic carbocycles. The first-order valence-corrected chi connectivity index (χ1v) is 10.1. The molecule has 0 aliphatic carbocycles. The second kappa shape index (κ2) is 9.15. The van der Waals surface area contributed by atoms with Gasteiger partial charge < -0.3 is 14.8 Å². The molecule has 0 spiro atoms. The average Bonchev–Trinajstić information content (AvgIpc) is 2.96. The Labute approximate surface area is 180 Å². The summed E-state index contributed by atoms with van der Waals surface area (Å²) in [6, 6.07) is 12.3. The number of carbonyl (C=O) groups is 3. The first-order valence-electron chi connectivity index (χ1n) is 8.45. The van der Waals surface area contributed by atoms with Crippen molar-refractivity contribution in [2.45, 2.75) is 0 Å². The highest BCUT2D eigenvalue weighted by Crippen LogP contribution is 2.37. The Bertz CT molecular complexity index is 1010. The van der Waals surface area contributed by atoms with Crippen LogP contribution < -0.4 is 14.8 Å². The Morgan fingerprint density at radius 1 is 1.14 bits per heavy atom. The number of para-hydroxylation sites is 2. The van der Waals surface area contributed by atoms with Gasteiger partial charge in [-0.15, -0.1) is 0 Å². The Morgan fingerprint density at radius 2 is 1.90 bits per heavy atom. The molecule has 0 aromatic heterocycles. The second-order valence-electron chi connectivity index (χ2n) is 5.88. The van der Waals surface area contributed by atoms with Crippen molar-refractivity contribution >= 4 is 56.5 Å². The molecule has 0 bridgehead atoms. The number of halogens is 1. The zero-order valence-corrected chi connectivity index (χ0v) is 18.0. The lowest BCUT2D eigenvalue weighted by atomic mass is 10.1. The summed E-state index contributed by atoms with van der Waals surface area (Å²) in [5.41, 5.74) is 1.15. The van der Waals surface area contributed by atoms with E-state index in [-0.39, 0.29) is 11.4 Å². The number of imide groups is 1. The Balaban J connectivity index is 1.77. The fourth-order valence-corrected chi connectivity index (χ4v) is 3.91. The van der Waals surface area contributed by atoms with Gasteiger partial charge >= 0.3 is 0 Å². The summed E-state index contributed by atoms with van der Waals surface area (Å²) in [5, 5.41) is 2.17. The zero-order chi connectivity index (χ0) is 21.0. The number of amides is 3. The van der Waals surface area contributed by atoms with Crippen LogP contribution in [0.4, 0.5) is 10.5 Å². The Morgan fingerprint density at radius 3 is 2.59 bits per heavy atom. The Hall–Kier alpha value is -2.78. The van der Waals surface area contributed by atoms with E-state index in [2.05, 4.69) is 21.2 Å². The van der Waals surface area contributed by atoms with Crippen LogP contribution in [0.1, 0.15) is 5.56 Å². The first kappa shape index (κ1) is 20.9. The van der Waals surface area contributed by atoms with E-state index in [1.165, 1.54) is 14.2 Å². The molecule has 9 heteroatoms. The maximum atomic E-state index is 12.7. The number of thioether (sulfide) groups is 1. The van der Waals surface area contributed by atoms with Crippen LogP contribution in [-0.2, 0) is 9.59 Å². The van der Waals surface area contributed by atoms with Gasteiger partial charge in [0.05, 0.1) is 24.8 Å². The van der Waals surface area contributed by atoms with E-state index in [1.807, 2.05) is 6.07 Å². The number of hydrogen-bond donors (Lipinski definition) is 1. The fourth-order valence-electron chi connectivity index (χ4n) is 2.70. The molecule has 1 heterocycles. The van der Waals surface area contributed by atoms with E-state index in [9.17, 15) is 14.4 Å². The Kier molecular flexibility index (Phi) is 6.60. The van der Waals surface area contributed by atoms with Gasteiger partial charge in [0.25, 0.3) is 11.1 Å². The number of anilines is 1. The molecule has 1 aliphatic rings. The predicted molar refractivity (Wildman–Crippen MR) is 115 cm³/mol. The molecule has 0 atom stereocenters. The smallest absolute Gasteiger partial charge is 0.294 e. The number of hydrogen-bond acceptors (Lipinski definition) is 6. The summed E-state index contributed by atoms with van der Waals surface area (Å²) < 4.78 is 11.3. The largest absolute Gasteiger partial charge is 0.493 e. The van der Waals surface area contributed by atoms with Gasteiger partial charge in [-0.05, 0) is 52.0 Å². The minimum absolute atomic E-state index is 0.204. The maximum Gasteiger partial charge on any atom is 0.294 e. The molecule has 1 saturated heterocycles. The molecule has 1 N–H and O–H groups in total. The minimum Gasteiger partial charge on any atom is -0.493 e. The van der Waals surface area contributed by atoms with E-state index in [0.29, 0.717) is 27.2 Å². The first-order chi connectivity index (χ1) is 13.9. The molecule has 0 saturated carbocycles. The maximum absolute atomic E-state index is 12.7. The van der Waals surface area contributed by atoms with Crippen molar-refractivity contribution in [3.63, 3.8) is 0 Å².